The van der Waals surface area contributed by atoms with Crippen molar-refractivity contribution in [1.82, 2.24) is 4.90 Å². The number of nitrogens with zero attached hydrogens (tertiary/aromatic N) is 1. The van der Waals surface area contributed by atoms with Crippen LogP contribution in [-0.2, 0) is 6.54 Å². The Kier molecular flexibility index (Phi) is 5.12. The topological polar surface area (TPSA) is 29.3 Å². The van der Waals surface area contributed by atoms with Crippen LogP contribution in [-0.4, -0.2) is 23.0 Å². The predicted molar refractivity (Wildman–Crippen MR) is 69.1 cm³/mol. The molecule has 0 aliphatic carbocycles. The smallest absolute Gasteiger partial charge is 0.124 e. The third kappa shape index (κ3) is 4.04. The van der Waals surface area contributed by atoms with Crippen molar-refractivity contribution in [2.45, 2.75) is 13.5 Å². The second-order valence-corrected chi connectivity index (χ2v) is 4.44. The molecule has 0 aromatic heterocycles. The van der Waals surface area contributed by atoms with Crippen LogP contribution in [0.1, 0.15) is 12.5 Å². The maximum Gasteiger partial charge on any atom is 0.124 e. The SMILES string of the molecule is CCN(CC(N)=S)Cc1ccc(F)cc1Cl. The zero-order valence-electron chi connectivity index (χ0n) is 9.04. The number of hydrogen-bond donors (Lipinski definition) is 1. The average molecular weight is 261 g/mol. The fraction of sp³-hybridized carbons (Fsp3) is 0.364. The van der Waals surface area contributed by atoms with E-state index in [9.17, 15) is 4.39 Å². The molecule has 0 saturated carbocycles. The van der Waals surface area contributed by atoms with E-state index >= 15 is 0 Å². The van der Waals surface area contributed by atoms with Crippen LogP contribution in [0.5, 0.6) is 0 Å². The monoisotopic (exact) mass is 260 g/mol. The summed E-state index contributed by atoms with van der Waals surface area (Å²) in [5, 5.41) is 0.432. The Labute approximate surface area is 105 Å². The Bertz CT molecular complexity index is 384. The van der Waals surface area contributed by atoms with Crippen molar-refractivity contribution in [3.63, 3.8) is 0 Å². The van der Waals surface area contributed by atoms with Crippen LogP contribution >= 0.6 is 23.8 Å². The minimum absolute atomic E-state index is 0.328. The van der Waals surface area contributed by atoms with Crippen LogP contribution in [0.15, 0.2) is 18.2 Å². The summed E-state index contributed by atoms with van der Waals surface area (Å²) >= 11 is 10.8. The molecule has 0 radical (unpaired) electrons. The third-order valence-electron chi connectivity index (χ3n) is 2.24. The zero-order valence-corrected chi connectivity index (χ0v) is 10.6. The molecule has 88 valence electrons. The zero-order chi connectivity index (χ0) is 12.1. The van der Waals surface area contributed by atoms with E-state index < -0.39 is 0 Å². The molecule has 2 N–H and O–H groups in total. The van der Waals surface area contributed by atoms with Crippen molar-refractivity contribution in [3.8, 4) is 0 Å². The van der Waals surface area contributed by atoms with E-state index in [4.69, 9.17) is 29.6 Å². The summed E-state index contributed by atoms with van der Waals surface area (Å²) in [7, 11) is 0. The first kappa shape index (κ1) is 13.4. The highest BCUT2D eigenvalue weighted by molar-refractivity contribution is 7.80. The highest BCUT2D eigenvalue weighted by Gasteiger charge is 2.08. The molecule has 0 spiro atoms. The van der Waals surface area contributed by atoms with E-state index in [0.717, 1.165) is 12.1 Å². The van der Waals surface area contributed by atoms with Crippen LogP contribution in [0.4, 0.5) is 4.39 Å². The maximum atomic E-state index is 12.8. The second kappa shape index (κ2) is 6.13. The standard InChI is InChI=1S/C11H14ClFN2S/c1-2-15(7-11(14)16)6-8-3-4-9(13)5-10(8)12/h3-5H,2,6-7H2,1H3,(H2,14,16). The van der Waals surface area contributed by atoms with Crippen LogP contribution in [0.25, 0.3) is 0 Å². The first-order valence-electron chi connectivity index (χ1n) is 4.97. The number of rotatable bonds is 5. The molecule has 0 bridgehead atoms. The van der Waals surface area contributed by atoms with Gasteiger partial charge in [-0.15, -0.1) is 0 Å². The van der Waals surface area contributed by atoms with Crippen molar-refractivity contribution in [2.24, 2.45) is 5.73 Å². The molecule has 1 rings (SSSR count). The summed E-state index contributed by atoms with van der Waals surface area (Å²) in [4.78, 5) is 2.49. The van der Waals surface area contributed by atoms with Crippen molar-refractivity contribution < 1.29 is 4.39 Å². The number of thiocarbonyl (C=S) groups is 1. The molecule has 0 heterocycles. The first-order chi connectivity index (χ1) is 7.52. The van der Waals surface area contributed by atoms with E-state index in [1.54, 1.807) is 6.07 Å². The predicted octanol–water partition coefficient (Wildman–Crippen LogP) is 2.59. The molecule has 0 saturated heterocycles. The summed E-state index contributed by atoms with van der Waals surface area (Å²) in [5.74, 6) is -0.328. The average Bonchev–Trinajstić information content (AvgIpc) is 2.20. The van der Waals surface area contributed by atoms with Gasteiger partial charge in [0.2, 0.25) is 0 Å². The molecule has 1 aromatic carbocycles. The fourth-order valence-electron chi connectivity index (χ4n) is 1.39. The van der Waals surface area contributed by atoms with E-state index in [1.807, 2.05) is 11.8 Å². The minimum atomic E-state index is -0.328. The lowest BCUT2D eigenvalue weighted by Gasteiger charge is -2.20. The van der Waals surface area contributed by atoms with Crippen molar-refractivity contribution >= 4 is 28.8 Å². The summed E-state index contributed by atoms with van der Waals surface area (Å²) in [6.07, 6.45) is 0. The first-order valence-corrected chi connectivity index (χ1v) is 5.76. The van der Waals surface area contributed by atoms with Gasteiger partial charge in [-0.3, -0.25) is 4.90 Å². The van der Waals surface area contributed by atoms with Gasteiger partial charge in [0.1, 0.15) is 5.82 Å². The number of likely N-dealkylation sites (N-methyl/N-ethyl adjacent to an activating group) is 1. The molecule has 0 fully saturated rings. The summed E-state index contributed by atoms with van der Waals surface area (Å²) in [6, 6.07) is 4.39. The summed E-state index contributed by atoms with van der Waals surface area (Å²) < 4.78 is 12.8. The van der Waals surface area contributed by atoms with Crippen molar-refractivity contribution in [1.29, 1.82) is 0 Å². The van der Waals surface area contributed by atoms with E-state index in [1.165, 1.54) is 12.1 Å². The molecule has 16 heavy (non-hydrogen) atoms. The van der Waals surface area contributed by atoms with Gasteiger partial charge in [-0.2, -0.15) is 0 Å². The van der Waals surface area contributed by atoms with Crippen molar-refractivity contribution in [3.05, 3.63) is 34.6 Å². The molecule has 0 atom stereocenters. The number of halogens is 2. The Morgan fingerprint density at radius 3 is 2.75 bits per heavy atom. The number of hydrogen-bond acceptors (Lipinski definition) is 2. The largest absolute Gasteiger partial charge is 0.392 e. The second-order valence-electron chi connectivity index (χ2n) is 3.51. The van der Waals surface area contributed by atoms with Gasteiger partial charge >= 0.3 is 0 Å². The van der Waals surface area contributed by atoms with Gasteiger partial charge in [0.15, 0.2) is 0 Å². The van der Waals surface area contributed by atoms with Crippen LogP contribution < -0.4 is 5.73 Å². The molecule has 2 nitrogen and oxygen atoms in total. The molecule has 0 aliphatic heterocycles. The molecule has 0 aliphatic rings. The molecular weight excluding hydrogens is 247 g/mol. The molecule has 5 heteroatoms. The Morgan fingerprint density at radius 2 is 2.25 bits per heavy atom. The fourth-order valence-corrected chi connectivity index (χ4v) is 1.80. The Hall–Kier alpha value is -0.710. The number of nitrogens with two attached hydrogens (primary N) is 1. The lowest BCUT2D eigenvalue weighted by atomic mass is 10.2. The Morgan fingerprint density at radius 1 is 1.56 bits per heavy atom. The van der Waals surface area contributed by atoms with E-state index in [2.05, 4.69) is 0 Å². The quantitative estimate of drug-likeness (QED) is 0.826. The molecular formula is C11H14ClFN2S. The van der Waals surface area contributed by atoms with E-state index in [-0.39, 0.29) is 5.82 Å². The van der Waals surface area contributed by atoms with E-state index in [0.29, 0.717) is 23.1 Å². The molecule has 0 amide bonds. The minimum Gasteiger partial charge on any atom is -0.392 e. The van der Waals surface area contributed by atoms with Crippen LogP contribution in [0, 0.1) is 5.82 Å². The lowest BCUT2D eigenvalue weighted by Crippen LogP contribution is -2.32. The van der Waals surface area contributed by atoms with Crippen LogP contribution in [0.2, 0.25) is 5.02 Å². The maximum absolute atomic E-state index is 12.8. The van der Waals surface area contributed by atoms with Gasteiger partial charge in [-0.25, -0.2) is 4.39 Å². The summed E-state index contributed by atoms with van der Waals surface area (Å²) in [5.41, 5.74) is 6.36. The van der Waals surface area contributed by atoms with Gasteiger partial charge in [0.05, 0.1) is 4.99 Å². The number of benzene rings is 1. The van der Waals surface area contributed by atoms with Gasteiger partial charge in [0, 0.05) is 18.1 Å². The Balaban J connectivity index is 2.73. The van der Waals surface area contributed by atoms with Crippen LogP contribution in [0.3, 0.4) is 0 Å². The van der Waals surface area contributed by atoms with Crippen molar-refractivity contribution in [2.75, 3.05) is 13.1 Å². The van der Waals surface area contributed by atoms with Gasteiger partial charge < -0.3 is 5.73 Å². The normalized spacial score (nSPS) is 10.8. The highest BCUT2D eigenvalue weighted by Crippen LogP contribution is 2.18. The molecule has 1 aromatic rings. The lowest BCUT2D eigenvalue weighted by molar-refractivity contribution is 0.321. The molecule has 0 unspecified atom stereocenters. The van der Waals surface area contributed by atoms with Gasteiger partial charge in [-0.1, -0.05) is 36.8 Å². The van der Waals surface area contributed by atoms with Gasteiger partial charge in [0.25, 0.3) is 0 Å². The highest BCUT2D eigenvalue weighted by atomic mass is 35.5. The third-order valence-corrected chi connectivity index (χ3v) is 2.72. The summed E-state index contributed by atoms with van der Waals surface area (Å²) in [6.45, 7) is 3.98. The van der Waals surface area contributed by atoms with Gasteiger partial charge in [-0.05, 0) is 24.2 Å².